The van der Waals surface area contributed by atoms with E-state index in [1.807, 2.05) is 0 Å². The predicted molar refractivity (Wildman–Crippen MR) is 77.3 cm³/mol. The van der Waals surface area contributed by atoms with E-state index < -0.39 is 15.8 Å². The van der Waals surface area contributed by atoms with Gasteiger partial charge in [0.2, 0.25) is 10.0 Å². The minimum atomic E-state index is -3.70. The van der Waals surface area contributed by atoms with Gasteiger partial charge in [0.05, 0.1) is 0 Å². The Kier molecular flexibility index (Phi) is 4.21. The van der Waals surface area contributed by atoms with Crippen molar-refractivity contribution < 1.29 is 12.8 Å². The van der Waals surface area contributed by atoms with E-state index in [1.165, 1.54) is 22.5 Å². The molecule has 1 fully saturated rings. The summed E-state index contributed by atoms with van der Waals surface area (Å²) in [6.07, 6.45) is 1.66. The molecule has 0 aliphatic carbocycles. The fourth-order valence-electron chi connectivity index (χ4n) is 2.76. The number of sulfonamides is 1. The van der Waals surface area contributed by atoms with Crippen molar-refractivity contribution in [1.82, 2.24) is 4.31 Å². The van der Waals surface area contributed by atoms with E-state index in [4.69, 9.17) is 0 Å². The maximum atomic E-state index is 13.7. The molecule has 0 unspecified atom stereocenters. The first-order valence-corrected chi connectivity index (χ1v) is 8.41. The lowest BCUT2D eigenvalue weighted by Gasteiger charge is -2.38. The lowest BCUT2D eigenvalue weighted by molar-refractivity contribution is 0.154. The third-order valence-electron chi connectivity index (χ3n) is 4.13. The number of hydrogen-bond acceptors (Lipinski definition) is 2. The highest BCUT2D eigenvalue weighted by Crippen LogP contribution is 2.35. The van der Waals surface area contributed by atoms with Gasteiger partial charge in [-0.05, 0) is 36.3 Å². The van der Waals surface area contributed by atoms with Crippen molar-refractivity contribution in [3.05, 3.63) is 30.1 Å². The predicted octanol–water partition coefficient (Wildman–Crippen LogP) is 3.27. The van der Waals surface area contributed by atoms with Gasteiger partial charge in [-0.1, -0.05) is 32.9 Å². The van der Waals surface area contributed by atoms with Gasteiger partial charge < -0.3 is 0 Å². The largest absolute Gasteiger partial charge is 0.245 e. The summed E-state index contributed by atoms with van der Waals surface area (Å²) in [5.41, 5.74) is 0.188. The monoisotopic (exact) mass is 299 g/mol. The van der Waals surface area contributed by atoms with Crippen molar-refractivity contribution in [2.45, 2.75) is 38.5 Å². The van der Waals surface area contributed by atoms with E-state index in [1.54, 1.807) is 6.07 Å². The van der Waals surface area contributed by atoms with Crippen LogP contribution in [0.5, 0.6) is 0 Å². The van der Waals surface area contributed by atoms with Gasteiger partial charge in [-0.3, -0.25) is 0 Å². The quantitative estimate of drug-likeness (QED) is 0.840. The zero-order chi connectivity index (χ0) is 15.0. The molecule has 1 saturated heterocycles. The van der Waals surface area contributed by atoms with Crippen molar-refractivity contribution in [2.24, 2.45) is 11.3 Å². The Morgan fingerprint density at radius 2 is 1.70 bits per heavy atom. The molecule has 5 heteroatoms. The lowest BCUT2D eigenvalue weighted by Crippen LogP contribution is -2.41. The fourth-order valence-corrected chi connectivity index (χ4v) is 4.29. The Bertz CT molecular complexity index is 570. The van der Waals surface area contributed by atoms with Crippen LogP contribution in [0.25, 0.3) is 0 Å². The number of nitrogens with zero attached hydrogens (tertiary/aromatic N) is 1. The first-order valence-electron chi connectivity index (χ1n) is 6.97. The standard InChI is InChI=1S/C15H22FNO2S/c1-15(2,3)12-8-10-17(11-9-12)20(18,19)14-7-5-4-6-13(14)16/h4-7,12H,8-11H2,1-3H3. The van der Waals surface area contributed by atoms with Crippen LogP contribution in [0.4, 0.5) is 4.39 Å². The molecule has 0 atom stereocenters. The van der Waals surface area contributed by atoms with Crippen LogP contribution in [0.3, 0.4) is 0 Å². The molecule has 0 amide bonds. The Labute approximate surface area is 120 Å². The summed E-state index contributed by atoms with van der Waals surface area (Å²) >= 11 is 0. The van der Waals surface area contributed by atoms with Crippen molar-refractivity contribution >= 4 is 10.0 Å². The van der Waals surface area contributed by atoms with Gasteiger partial charge in [-0.25, -0.2) is 12.8 Å². The van der Waals surface area contributed by atoms with Crippen molar-refractivity contribution in [3.63, 3.8) is 0 Å². The van der Waals surface area contributed by atoms with Gasteiger partial charge in [-0.15, -0.1) is 0 Å². The third-order valence-corrected chi connectivity index (χ3v) is 6.07. The molecule has 2 rings (SSSR count). The molecule has 1 aromatic rings. The van der Waals surface area contributed by atoms with Gasteiger partial charge in [0.25, 0.3) is 0 Å². The maximum Gasteiger partial charge on any atom is 0.245 e. The Morgan fingerprint density at radius 3 is 2.20 bits per heavy atom. The van der Waals surface area contributed by atoms with Crippen LogP contribution in [-0.2, 0) is 10.0 Å². The molecule has 3 nitrogen and oxygen atoms in total. The highest BCUT2D eigenvalue weighted by molar-refractivity contribution is 7.89. The number of rotatable bonds is 2. The summed E-state index contributed by atoms with van der Waals surface area (Å²) in [6, 6.07) is 5.58. The Balaban J connectivity index is 2.16. The highest BCUT2D eigenvalue weighted by Gasteiger charge is 2.34. The van der Waals surface area contributed by atoms with E-state index in [0.717, 1.165) is 12.8 Å². The zero-order valence-corrected chi connectivity index (χ0v) is 13.1. The van der Waals surface area contributed by atoms with Crippen LogP contribution in [0.2, 0.25) is 0 Å². The summed E-state index contributed by atoms with van der Waals surface area (Å²) in [5.74, 6) is -0.167. The topological polar surface area (TPSA) is 37.4 Å². The van der Waals surface area contributed by atoms with E-state index in [2.05, 4.69) is 20.8 Å². The molecule has 0 radical (unpaired) electrons. The minimum Gasteiger partial charge on any atom is -0.207 e. The zero-order valence-electron chi connectivity index (χ0n) is 12.3. The van der Waals surface area contributed by atoms with E-state index in [0.29, 0.717) is 19.0 Å². The first-order chi connectivity index (χ1) is 9.23. The molecule has 112 valence electrons. The minimum absolute atomic E-state index is 0.188. The van der Waals surface area contributed by atoms with Crippen LogP contribution >= 0.6 is 0 Å². The molecule has 1 aliphatic heterocycles. The van der Waals surface area contributed by atoms with Crippen molar-refractivity contribution in [1.29, 1.82) is 0 Å². The van der Waals surface area contributed by atoms with Crippen LogP contribution in [0.1, 0.15) is 33.6 Å². The van der Waals surface area contributed by atoms with Gasteiger partial charge in [0, 0.05) is 13.1 Å². The third kappa shape index (κ3) is 3.04. The van der Waals surface area contributed by atoms with Crippen molar-refractivity contribution in [2.75, 3.05) is 13.1 Å². The van der Waals surface area contributed by atoms with E-state index >= 15 is 0 Å². The number of halogens is 1. The molecule has 0 saturated carbocycles. The SMILES string of the molecule is CC(C)(C)C1CCN(S(=O)(=O)c2ccccc2F)CC1. The second kappa shape index (κ2) is 5.45. The van der Waals surface area contributed by atoms with Gasteiger partial charge in [0.1, 0.15) is 10.7 Å². The molecule has 20 heavy (non-hydrogen) atoms. The summed E-state index contributed by atoms with van der Waals surface area (Å²) in [4.78, 5) is -0.214. The summed E-state index contributed by atoms with van der Waals surface area (Å²) < 4.78 is 40.0. The number of piperidine rings is 1. The smallest absolute Gasteiger partial charge is 0.207 e. The average molecular weight is 299 g/mol. The molecular weight excluding hydrogens is 277 g/mol. The van der Waals surface area contributed by atoms with Gasteiger partial charge in [0.15, 0.2) is 0 Å². The summed E-state index contributed by atoms with van der Waals surface area (Å²) in [7, 11) is -3.70. The van der Waals surface area contributed by atoms with Crippen LogP contribution in [0.15, 0.2) is 29.2 Å². The van der Waals surface area contributed by atoms with Crippen LogP contribution in [0, 0.1) is 17.2 Å². The number of benzene rings is 1. The van der Waals surface area contributed by atoms with Gasteiger partial charge >= 0.3 is 0 Å². The average Bonchev–Trinajstić information content (AvgIpc) is 2.38. The second-order valence-corrected chi connectivity index (χ2v) is 8.38. The maximum absolute atomic E-state index is 13.7. The Hall–Kier alpha value is -0.940. The second-order valence-electron chi connectivity index (χ2n) is 6.47. The highest BCUT2D eigenvalue weighted by atomic mass is 32.2. The lowest BCUT2D eigenvalue weighted by atomic mass is 9.76. The number of hydrogen-bond donors (Lipinski definition) is 0. The van der Waals surface area contributed by atoms with Crippen LogP contribution in [-0.4, -0.2) is 25.8 Å². The molecule has 1 heterocycles. The molecular formula is C15H22FNO2S. The molecule has 1 aromatic carbocycles. The normalized spacial score (nSPS) is 19.2. The summed E-state index contributed by atoms with van der Waals surface area (Å²) in [5, 5.41) is 0. The fraction of sp³-hybridized carbons (Fsp3) is 0.600. The molecule has 0 spiro atoms. The molecule has 1 aliphatic rings. The van der Waals surface area contributed by atoms with E-state index in [9.17, 15) is 12.8 Å². The first kappa shape index (κ1) is 15.4. The Morgan fingerprint density at radius 1 is 1.15 bits per heavy atom. The van der Waals surface area contributed by atoms with Crippen LogP contribution < -0.4 is 0 Å². The van der Waals surface area contributed by atoms with Crippen molar-refractivity contribution in [3.8, 4) is 0 Å². The molecule has 0 bridgehead atoms. The summed E-state index contributed by atoms with van der Waals surface area (Å²) in [6.45, 7) is 7.48. The van der Waals surface area contributed by atoms with E-state index in [-0.39, 0.29) is 10.3 Å². The molecule has 0 N–H and O–H groups in total. The van der Waals surface area contributed by atoms with Gasteiger partial charge in [-0.2, -0.15) is 4.31 Å². The molecule has 0 aromatic heterocycles.